The Balaban J connectivity index is 1.73. The third-order valence-corrected chi connectivity index (χ3v) is 3.36. The number of benzene rings is 1. The largest absolute Gasteiger partial charge is 0.377 e. The lowest BCUT2D eigenvalue weighted by Crippen LogP contribution is -2.06. The number of rotatable bonds is 4. The van der Waals surface area contributed by atoms with Gasteiger partial charge in [0, 0.05) is 11.1 Å². The predicted octanol–water partition coefficient (Wildman–Crippen LogP) is 2.29. The molecule has 3 aromatic rings. The van der Waals surface area contributed by atoms with Crippen molar-refractivity contribution in [1.82, 2.24) is 25.2 Å². The quantitative estimate of drug-likeness (QED) is 0.789. The van der Waals surface area contributed by atoms with Crippen LogP contribution in [0.25, 0.3) is 5.69 Å². The van der Waals surface area contributed by atoms with Crippen LogP contribution in [0.2, 0.25) is 0 Å². The first-order valence-electron chi connectivity index (χ1n) is 5.81. The van der Waals surface area contributed by atoms with Crippen molar-refractivity contribution >= 4 is 17.0 Å². The van der Waals surface area contributed by atoms with Crippen molar-refractivity contribution in [2.75, 3.05) is 5.32 Å². The van der Waals surface area contributed by atoms with E-state index in [0.717, 1.165) is 17.1 Å². The second-order valence-corrected chi connectivity index (χ2v) is 4.80. The SMILES string of the molecule is CC(Nc1ccc(-n2cnnn2)cc1)c1cscn1. The van der Waals surface area contributed by atoms with Crippen molar-refractivity contribution in [2.24, 2.45) is 0 Å². The Morgan fingerprint density at radius 2 is 2.11 bits per heavy atom. The van der Waals surface area contributed by atoms with E-state index in [9.17, 15) is 0 Å². The van der Waals surface area contributed by atoms with Gasteiger partial charge in [0.05, 0.1) is 22.9 Å². The van der Waals surface area contributed by atoms with Gasteiger partial charge in [0.2, 0.25) is 0 Å². The van der Waals surface area contributed by atoms with E-state index >= 15 is 0 Å². The van der Waals surface area contributed by atoms with Gasteiger partial charge in [-0.15, -0.1) is 16.4 Å². The lowest BCUT2D eigenvalue weighted by Gasteiger charge is -2.13. The first-order valence-corrected chi connectivity index (χ1v) is 6.75. The van der Waals surface area contributed by atoms with E-state index in [1.807, 2.05) is 35.2 Å². The van der Waals surface area contributed by atoms with E-state index in [1.165, 1.54) is 0 Å². The number of nitrogens with one attached hydrogen (secondary N) is 1. The minimum Gasteiger partial charge on any atom is -0.377 e. The predicted molar refractivity (Wildman–Crippen MR) is 73.3 cm³/mol. The first-order chi connectivity index (χ1) is 9.33. The maximum Gasteiger partial charge on any atom is 0.143 e. The number of tetrazole rings is 1. The third kappa shape index (κ3) is 2.60. The Morgan fingerprint density at radius 3 is 2.74 bits per heavy atom. The number of thiazole rings is 1. The zero-order chi connectivity index (χ0) is 13.1. The van der Waals surface area contributed by atoms with Crippen LogP contribution in [0.5, 0.6) is 0 Å². The smallest absolute Gasteiger partial charge is 0.143 e. The molecule has 2 aromatic heterocycles. The molecule has 19 heavy (non-hydrogen) atoms. The molecule has 0 radical (unpaired) electrons. The molecule has 0 aliphatic rings. The molecule has 0 fully saturated rings. The molecular weight excluding hydrogens is 260 g/mol. The molecule has 0 saturated heterocycles. The molecule has 3 rings (SSSR count). The van der Waals surface area contributed by atoms with Crippen molar-refractivity contribution < 1.29 is 0 Å². The minimum absolute atomic E-state index is 0.185. The summed E-state index contributed by atoms with van der Waals surface area (Å²) in [6, 6.07) is 8.11. The van der Waals surface area contributed by atoms with Crippen molar-refractivity contribution in [3.8, 4) is 5.69 Å². The van der Waals surface area contributed by atoms with Gasteiger partial charge in [-0.1, -0.05) is 0 Å². The summed E-state index contributed by atoms with van der Waals surface area (Å²) >= 11 is 1.60. The van der Waals surface area contributed by atoms with Crippen LogP contribution in [0.3, 0.4) is 0 Å². The first kappa shape index (κ1) is 11.8. The van der Waals surface area contributed by atoms with Gasteiger partial charge in [-0.3, -0.25) is 0 Å². The van der Waals surface area contributed by atoms with Crippen molar-refractivity contribution in [1.29, 1.82) is 0 Å². The fraction of sp³-hybridized carbons (Fsp3) is 0.167. The van der Waals surface area contributed by atoms with Gasteiger partial charge in [0.1, 0.15) is 6.33 Å². The van der Waals surface area contributed by atoms with Gasteiger partial charge < -0.3 is 5.32 Å². The van der Waals surface area contributed by atoms with Crippen molar-refractivity contribution in [3.05, 3.63) is 47.2 Å². The molecule has 0 saturated carbocycles. The highest BCUT2D eigenvalue weighted by atomic mass is 32.1. The van der Waals surface area contributed by atoms with E-state index in [2.05, 4.69) is 32.7 Å². The molecule has 0 bridgehead atoms. The van der Waals surface area contributed by atoms with Crippen LogP contribution < -0.4 is 5.32 Å². The van der Waals surface area contributed by atoms with E-state index in [4.69, 9.17) is 0 Å². The third-order valence-electron chi connectivity index (χ3n) is 2.76. The summed E-state index contributed by atoms with van der Waals surface area (Å²) in [6.07, 6.45) is 1.57. The molecule has 0 aliphatic heterocycles. The number of aromatic nitrogens is 5. The zero-order valence-corrected chi connectivity index (χ0v) is 11.1. The van der Waals surface area contributed by atoms with Gasteiger partial charge >= 0.3 is 0 Å². The number of hydrogen-bond acceptors (Lipinski definition) is 6. The van der Waals surface area contributed by atoms with Gasteiger partial charge in [0.25, 0.3) is 0 Å². The lowest BCUT2D eigenvalue weighted by atomic mass is 10.2. The Kier molecular flexibility index (Phi) is 3.20. The van der Waals surface area contributed by atoms with Crippen LogP contribution in [0.1, 0.15) is 18.7 Å². The molecule has 0 spiro atoms. The fourth-order valence-electron chi connectivity index (χ4n) is 1.75. The fourth-order valence-corrected chi connectivity index (χ4v) is 2.40. The Morgan fingerprint density at radius 1 is 1.26 bits per heavy atom. The van der Waals surface area contributed by atoms with E-state index < -0.39 is 0 Å². The Labute approximate surface area is 114 Å². The average molecular weight is 272 g/mol. The number of hydrogen-bond donors (Lipinski definition) is 1. The van der Waals surface area contributed by atoms with E-state index in [1.54, 1.807) is 22.3 Å². The van der Waals surface area contributed by atoms with Crippen LogP contribution >= 0.6 is 11.3 Å². The van der Waals surface area contributed by atoms with Crippen molar-refractivity contribution in [2.45, 2.75) is 13.0 Å². The molecule has 1 atom stereocenters. The van der Waals surface area contributed by atoms with Crippen LogP contribution in [0, 0.1) is 0 Å². The molecule has 2 heterocycles. The van der Waals surface area contributed by atoms with Gasteiger partial charge in [-0.05, 0) is 41.6 Å². The maximum atomic E-state index is 4.30. The van der Waals surface area contributed by atoms with Crippen LogP contribution in [-0.2, 0) is 0 Å². The van der Waals surface area contributed by atoms with Gasteiger partial charge in [0.15, 0.2) is 0 Å². The normalized spacial score (nSPS) is 12.3. The average Bonchev–Trinajstić information content (AvgIpc) is 3.13. The summed E-state index contributed by atoms with van der Waals surface area (Å²) in [5.74, 6) is 0. The van der Waals surface area contributed by atoms with Crippen LogP contribution in [0.15, 0.2) is 41.5 Å². The number of nitrogens with zero attached hydrogens (tertiary/aromatic N) is 5. The standard InChI is InChI=1S/C12H12N6S/c1-9(12-6-19-8-13-12)15-10-2-4-11(5-3-10)18-7-14-16-17-18/h2-9,15H,1H3. The molecule has 96 valence electrons. The second-order valence-electron chi connectivity index (χ2n) is 4.08. The van der Waals surface area contributed by atoms with E-state index in [-0.39, 0.29) is 6.04 Å². The van der Waals surface area contributed by atoms with Crippen LogP contribution in [-0.4, -0.2) is 25.2 Å². The summed E-state index contributed by atoms with van der Waals surface area (Å²) in [7, 11) is 0. The molecule has 1 unspecified atom stereocenters. The maximum absolute atomic E-state index is 4.30. The van der Waals surface area contributed by atoms with Gasteiger partial charge in [-0.2, -0.15) is 0 Å². The van der Waals surface area contributed by atoms with Gasteiger partial charge in [-0.25, -0.2) is 9.67 Å². The van der Waals surface area contributed by atoms with Crippen molar-refractivity contribution in [3.63, 3.8) is 0 Å². The zero-order valence-electron chi connectivity index (χ0n) is 10.3. The lowest BCUT2D eigenvalue weighted by molar-refractivity contribution is 0.789. The summed E-state index contributed by atoms with van der Waals surface area (Å²) in [4.78, 5) is 4.30. The highest BCUT2D eigenvalue weighted by Gasteiger charge is 2.07. The topological polar surface area (TPSA) is 68.5 Å². The summed E-state index contributed by atoms with van der Waals surface area (Å²) < 4.78 is 1.62. The molecule has 0 aliphatic carbocycles. The summed E-state index contributed by atoms with van der Waals surface area (Å²) in [5.41, 5.74) is 4.86. The molecule has 1 N–H and O–H groups in total. The minimum atomic E-state index is 0.185. The molecule has 1 aromatic carbocycles. The molecule has 0 amide bonds. The Hall–Kier alpha value is -2.28. The number of anilines is 1. The monoisotopic (exact) mass is 272 g/mol. The molecular formula is C12H12N6S. The highest BCUT2D eigenvalue weighted by molar-refractivity contribution is 7.07. The summed E-state index contributed by atoms with van der Waals surface area (Å²) in [6.45, 7) is 2.09. The van der Waals surface area contributed by atoms with Crippen LogP contribution in [0.4, 0.5) is 5.69 Å². The molecule has 6 nitrogen and oxygen atoms in total. The van der Waals surface area contributed by atoms with E-state index in [0.29, 0.717) is 0 Å². The highest BCUT2D eigenvalue weighted by Crippen LogP contribution is 2.20. The molecule has 7 heteroatoms. The summed E-state index contributed by atoms with van der Waals surface area (Å²) in [5, 5.41) is 16.5. The second kappa shape index (κ2) is 5.15. The Bertz CT molecular complexity index is 617.